The molecule has 0 spiro atoms. The van der Waals surface area contributed by atoms with Crippen LogP contribution in [-0.2, 0) is 24.4 Å². The van der Waals surface area contributed by atoms with E-state index in [2.05, 4.69) is 10.3 Å². The third-order valence-electron chi connectivity index (χ3n) is 12.7. The summed E-state index contributed by atoms with van der Waals surface area (Å²) in [5.41, 5.74) is -4.18. The zero-order valence-electron chi connectivity index (χ0n) is 34.2. The van der Waals surface area contributed by atoms with Gasteiger partial charge in [-0.05, 0) is 101 Å². The summed E-state index contributed by atoms with van der Waals surface area (Å²) in [6, 6.07) is 3.91. The third kappa shape index (κ3) is 8.42. The summed E-state index contributed by atoms with van der Waals surface area (Å²) < 4.78 is 83.3. The van der Waals surface area contributed by atoms with Crippen molar-refractivity contribution in [2.45, 2.75) is 126 Å². The fraction of sp³-hybridized carbons (Fsp3) is 0.634. The van der Waals surface area contributed by atoms with Gasteiger partial charge in [-0.3, -0.25) is 24.0 Å². The lowest BCUT2D eigenvalue weighted by molar-refractivity contribution is -0.156. The Labute approximate surface area is 342 Å². The second-order valence-corrected chi connectivity index (χ2v) is 19.4. The molecule has 59 heavy (non-hydrogen) atoms. The SMILES string of the molecule is CCOc1ccc2c(O[C@@H]3C[C@H]4C(=O)N[C@]5(C(=O)NS(=O)(=O)C6(CF)CC6)C[C@H]5C=CCC[C@H](C)C[C@@H](C)[C@H](N(C(=O)O)C(C)(C)C(C)(F)F)C(=O)N4C3)nccc2c1. The molecule has 2 aliphatic heterocycles. The summed E-state index contributed by atoms with van der Waals surface area (Å²) in [4.78, 5) is 62.8. The number of ether oxygens (including phenoxy) is 2. The largest absolute Gasteiger partial charge is 0.494 e. The van der Waals surface area contributed by atoms with E-state index < -0.39 is 92.3 Å². The molecule has 4 aliphatic rings. The summed E-state index contributed by atoms with van der Waals surface area (Å²) in [6.45, 7) is 7.01. The third-order valence-corrected chi connectivity index (χ3v) is 14.8. The van der Waals surface area contributed by atoms with Crippen molar-refractivity contribution < 1.29 is 55.3 Å². The molecule has 1 aromatic carbocycles. The minimum atomic E-state index is -4.47. The highest BCUT2D eigenvalue weighted by molar-refractivity contribution is 7.91. The van der Waals surface area contributed by atoms with Gasteiger partial charge < -0.3 is 24.8 Å². The maximum Gasteiger partial charge on any atom is 0.408 e. The van der Waals surface area contributed by atoms with Crippen molar-refractivity contribution in [3.8, 4) is 11.6 Å². The molecule has 0 bridgehead atoms. The number of amides is 4. The van der Waals surface area contributed by atoms with Gasteiger partial charge in [-0.25, -0.2) is 31.4 Å². The van der Waals surface area contributed by atoms with Crippen LogP contribution in [0.2, 0.25) is 0 Å². The summed E-state index contributed by atoms with van der Waals surface area (Å²) >= 11 is 0. The number of carbonyl (C=O) groups excluding carboxylic acids is 3. The monoisotopic (exact) mass is 849 g/mol. The molecule has 2 aromatic rings. The fourth-order valence-electron chi connectivity index (χ4n) is 8.45. The Morgan fingerprint density at radius 3 is 2.47 bits per heavy atom. The van der Waals surface area contributed by atoms with Gasteiger partial charge in [-0.1, -0.05) is 26.0 Å². The number of sulfonamides is 1. The predicted octanol–water partition coefficient (Wildman–Crippen LogP) is 5.60. The van der Waals surface area contributed by atoms with Crippen molar-refractivity contribution in [3.63, 3.8) is 0 Å². The number of carboxylic acid groups (broad SMARTS) is 1. The average Bonchev–Trinajstić information content (AvgIpc) is 4.06. The number of nitrogens with zero attached hydrogens (tertiary/aromatic N) is 3. The summed E-state index contributed by atoms with van der Waals surface area (Å²) in [5.74, 6) is -7.27. The van der Waals surface area contributed by atoms with E-state index in [1.54, 1.807) is 43.3 Å². The number of pyridine rings is 1. The molecule has 3 fully saturated rings. The molecule has 14 nitrogen and oxygen atoms in total. The van der Waals surface area contributed by atoms with E-state index in [4.69, 9.17) is 9.47 Å². The number of rotatable bonds is 11. The van der Waals surface area contributed by atoms with Gasteiger partial charge in [0.25, 0.3) is 11.8 Å². The molecule has 1 saturated heterocycles. The number of alkyl halides is 3. The maximum atomic E-state index is 15.4. The van der Waals surface area contributed by atoms with Crippen LogP contribution < -0.4 is 19.5 Å². The van der Waals surface area contributed by atoms with Gasteiger partial charge in [0.1, 0.15) is 46.4 Å². The lowest BCUT2D eigenvalue weighted by Crippen LogP contribution is -2.66. The van der Waals surface area contributed by atoms with Gasteiger partial charge in [0, 0.05) is 30.8 Å². The van der Waals surface area contributed by atoms with Crippen LogP contribution in [0.25, 0.3) is 10.8 Å². The Hall–Kier alpha value is -4.61. The Kier molecular flexibility index (Phi) is 12.0. The van der Waals surface area contributed by atoms with Gasteiger partial charge >= 0.3 is 6.09 Å². The van der Waals surface area contributed by atoms with Crippen LogP contribution in [0.15, 0.2) is 42.6 Å². The first-order valence-electron chi connectivity index (χ1n) is 20.1. The lowest BCUT2D eigenvalue weighted by atomic mass is 9.84. The van der Waals surface area contributed by atoms with Crippen molar-refractivity contribution in [2.24, 2.45) is 17.8 Å². The Morgan fingerprint density at radius 1 is 1.14 bits per heavy atom. The van der Waals surface area contributed by atoms with Crippen LogP contribution in [0, 0.1) is 17.8 Å². The second-order valence-electron chi connectivity index (χ2n) is 17.3. The van der Waals surface area contributed by atoms with E-state index in [1.165, 1.54) is 6.20 Å². The number of allylic oxidation sites excluding steroid dienone is 1. The first-order valence-corrected chi connectivity index (χ1v) is 21.6. The molecule has 1 aromatic heterocycles. The summed E-state index contributed by atoms with van der Waals surface area (Å²) in [6.07, 6.45) is 3.50. The lowest BCUT2D eigenvalue weighted by Gasteiger charge is -2.47. The van der Waals surface area contributed by atoms with E-state index in [1.807, 2.05) is 18.6 Å². The molecular weight excluding hydrogens is 796 g/mol. The van der Waals surface area contributed by atoms with Crippen LogP contribution in [0.4, 0.5) is 18.0 Å². The molecule has 0 radical (unpaired) electrons. The highest BCUT2D eigenvalue weighted by Crippen LogP contribution is 2.48. The Balaban J connectivity index is 1.41. The minimum absolute atomic E-state index is 0.00521. The fourth-order valence-corrected chi connectivity index (χ4v) is 9.88. The normalized spacial score (nSPS) is 28.7. The second kappa shape index (κ2) is 16.1. The number of nitrogens with one attached hydrogen (secondary N) is 2. The molecule has 324 valence electrons. The van der Waals surface area contributed by atoms with Crippen LogP contribution >= 0.6 is 0 Å². The number of hydrogen-bond donors (Lipinski definition) is 3. The maximum absolute atomic E-state index is 15.4. The smallest absolute Gasteiger partial charge is 0.408 e. The molecular formula is C41H54F3N5O9S. The first-order chi connectivity index (χ1) is 27.6. The molecule has 0 unspecified atom stereocenters. The van der Waals surface area contributed by atoms with Crippen molar-refractivity contribution in [1.82, 2.24) is 24.8 Å². The summed E-state index contributed by atoms with van der Waals surface area (Å²) in [7, 11) is -4.47. The van der Waals surface area contributed by atoms with E-state index in [9.17, 15) is 32.3 Å². The van der Waals surface area contributed by atoms with Crippen LogP contribution in [-0.4, -0.2) is 112 Å². The number of fused-ring (bicyclic) bond motifs is 3. The van der Waals surface area contributed by atoms with Crippen LogP contribution in [0.1, 0.15) is 86.5 Å². The van der Waals surface area contributed by atoms with E-state index in [-0.39, 0.29) is 50.4 Å². The van der Waals surface area contributed by atoms with Gasteiger partial charge in [-0.2, -0.15) is 0 Å². The number of benzene rings is 1. The van der Waals surface area contributed by atoms with Gasteiger partial charge in [0.05, 0.1) is 13.2 Å². The Bertz CT molecular complexity index is 2110. The van der Waals surface area contributed by atoms with Gasteiger partial charge in [-0.15, -0.1) is 0 Å². The Morgan fingerprint density at radius 2 is 1.85 bits per heavy atom. The highest BCUT2D eigenvalue weighted by Gasteiger charge is 2.64. The number of hydrogen-bond acceptors (Lipinski definition) is 9. The quantitative estimate of drug-likeness (QED) is 0.241. The first kappa shape index (κ1) is 44.0. The zero-order valence-corrected chi connectivity index (χ0v) is 35.0. The number of halogens is 3. The predicted molar refractivity (Wildman–Crippen MR) is 211 cm³/mol. The molecule has 2 saturated carbocycles. The van der Waals surface area contributed by atoms with E-state index >= 15 is 13.6 Å². The topological polar surface area (TPSA) is 185 Å². The van der Waals surface area contributed by atoms with Gasteiger partial charge in [0.15, 0.2) is 0 Å². The molecule has 18 heteroatoms. The van der Waals surface area contributed by atoms with Crippen LogP contribution in [0.5, 0.6) is 11.6 Å². The minimum Gasteiger partial charge on any atom is -0.494 e. The van der Waals surface area contributed by atoms with Crippen molar-refractivity contribution in [3.05, 3.63) is 42.6 Å². The van der Waals surface area contributed by atoms with Gasteiger partial charge in [0.2, 0.25) is 27.7 Å². The van der Waals surface area contributed by atoms with E-state index in [0.29, 0.717) is 42.4 Å². The van der Waals surface area contributed by atoms with E-state index in [0.717, 1.165) is 24.1 Å². The highest BCUT2D eigenvalue weighted by atomic mass is 32.2. The molecule has 2 aliphatic carbocycles. The molecule has 3 heterocycles. The summed E-state index contributed by atoms with van der Waals surface area (Å²) in [5, 5.41) is 14.6. The standard InChI is InChI=1S/C41H54F3N5O9S/c1-7-57-28-12-13-30-26(19-28)14-17-45-34(30)58-29-20-31-33(50)46-41(36(52)47-59(55,56)40(23-42)15-16-40)21-27(41)11-9-8-10-24(2)18-25(3)32(35(51)48(31)22-29)49(37(53)54)38(4,5)39(6,43)44/h9,11-14,17,19,24-25,27,29,31-32H,7-8,10,15-16,18,20-23H2,1-6H3,(H,46,50)(H,47,52)(H,53,54)/t24-,25+,27+,29+,31-,32-,41+/m0/s1. The molecule has 6 rings (SSSR count). The number of aromatic nitrogens is 1. The van der Waals surface area contributed by atoms with Crippen LogP contribution in [0.3, 0.4) is 0 Å². The number of carbonyl (C=O) groups is 4. The molecule has 3 N–H and O–H groups in total. The molecule has 7 atom stereocenters. The molecule has 4 amide bonds. The van der Waals surface area contributed by atoms with Crippen molar-refractivity contribution >= 4 is 44.6 Å². The average molecular weight is 850 g/mol. The zero-order chi connectivity index (χ0) is 43.3. The van der Waals surface area contributed by atoms with Crippen molar-refractivity contribution in [1.29, 1.82) is 0 Å². The van der Waals surface area contributed by atoms with Crippen molar-refractivity contribution in [2.75, 3.05) is 19.8 Å².